The van der Waals surface area contributed by atoms with Crippen molar-refractivity contribution in [1.82, 2.24) is 9.80 Å². The number of ether oxygens (including phenoxy) is 2. The Hall–Kier alpha value is -1.92. The third-order valence-electron chi connectivity index (χ3n) is 9.65. The van der Waals surface area contributed by atoms with Crippen molar-refractivity contribution < 1.29 is 19.1 Å². The van der Waals surface area contributed by atoms with Crippen molar-refractivity contribution in [1.29, 1.82) is 0 Å². The van der Waals surface area contributed by atoms with E-state index in [1.807, 2.05) is 0 Å². The lowest BCUT2D eigenvalue weighted by atomic mass is 9.66. The summed E-state index contributed by atoms with van der Waals surface area (Å²) in [5.74, 6) is -0.0176. The van der Waals surface area contributed by atoms with E-state index in [-0.39, 0.29) is 17.5 Å². The predicted octanol–water partition coefficient (Wildman–Crippen LogP) is 1.86. The minimum Gasteiger partial charge on any atom is -0.450 e. The van der Waals surface area contributed by atoms with Gasteiger partial charge in [0.15, 0.2) is 11.2 Å². The molecule has 6 heteroatoms. The van der Waals surface area contributed by atoms with Crippen molar-refractivity contribution in [3.05, 3.63) is 34.9 Å². The first-order valence-corrected chi connectivity index (χ1v) is 11.7. The van der Waals surface area contributed by atoms with Crippen molar-refractivity contribution in [2.75, 3.05) is 13.1 Å². The van der Waals surface area contributed by atoms with E-state index in [2.05, 4.69) is 15.9 Å². The maximum absolute atomic E-state index is 12.5. The molecular formula is C24H26N2O4. The highest BCUT2D eigenvalue weighted by Crippen LogP contribution is 2.61. The number of nitrogens with zero attached hydrogens (tertiary/aromatic N) is 2. The van der Waals surface area contributed by atoms with Gasteiger partial charge in [-0.3, -0.25) is 9.80 Å². The van der Waals surface area contributed by atoms with Gasteiger partial charge in [0, 0.05) is 48.6 Å². The molecule has 4 bridgehead atoms. The van der Waals surface area contributed by atoms with Gasteiger partial charge >= 0.3 is 11.9 Å². The summed E-state index contributed by atoms with van der Waals surface area (Å²) in [5, 5.41) is 0. The summed E-state index contributed by atoms with van der Waals surface area (Å²) < 4.78 is 12.1. The van der Waals surface area contributed by atoms with Crippen LogP contribution in [0, 0.1) is 5.92 Å². The molecule has 0 aromatic rings. The standard InChI is InChI=1S/C24H26N2O4/c27-21-8-13-7-16(18-12-23(13,29-21)19-3-2-6-26(18)19)15-9-14-11-24(17(15)10-22(28)30-24)20-4-1-5-25(14)20/h8-10,14,16,18-20H,1-7,11-12H2/t14-,16+,18+,19-,20-,23+,24+/m1/s1. The SMILES string of the molecule is O=C1C=C2C([C@@H]3CC4=CC(=O)O[C@@]45C[C@@H]3N3CCC[C@@H]35)=C[C@@H]3C[C@@]2(O1)[C@H]1CCCN31. The molecule has 6 heterocycles. The Morgan fingerprint density at radius 2 is 1.63 bits per heavy atom. The molecule has 6 nitrogen and oxygen atoms in total. The van der Waals surface area contributed by atoms with Crippen LogP contribution in [0.15, 0.2) is 34.9 Å². The monoisotopic (exact) mass is 406 g/mol. The van der Waals surface area contributed by atoms with Crippen LogP contribution in [0.1, 0.15) is 44.9 Å². The van der Waals surface area contributed by atoms with Crippen LogP contribution in [0.5, 0.6) is 0 Å². The number of hydrogen-bond acceptors (Lipinski definition) is 6. The summed E-state index contributed by atoms with van der Waals surface area (Å²) in [7, 11) is 0. The fourth-order valence-electron chi connectivity index (χ4n) is 8.80. The van der Waals surface area contributed by atoms with E-state index in [1.165, 1.54) is 24.0 Å². The van der Waals surface area contributed by atoms with Crippen molar-refractivity contribution >= 4 is 11.9 Å². The van der Waals surface area contributed by atoms with Crippen LogP contribution in [0.4, 0.5) is 0 Å². The smallest absolute Gasteiger partial charge is 0.332 e. The molecular weight excluding hydrogens is 380 g/mol. The van der Waals surface area contributed by atoms with E-state index < -0.39 is 5.60 Å². The summed E-state index contributed by atoms with van der Waals surface area (Å²) in [4.78, 5) is 30.1. The fourth-order valence-corrected chi connectivity index (χ4v) is 8.80. The minimum atomic E-state index is -0.434. The van der Waals surface area contributed by atoms with Gasteiger partial charge in [-0.2, -0.15) is 0 Å². The lowest BCUT2D eigenvalue weighted by Gasteiger charge is -2.42. The predicted molar refractivity (Wildman–Crippen MR) is 106 cm³/mol. The third-order valence-corrected chi connectivity index (χ3v) is 9.65. The molecule has 7 atom stereocenters. The first kappa shape index (κ1) is 16.7. The maximum Gasteiger partial charge on any atom is 0.332 e. The molecule has 30 heavy (non-hydrogen) atoms. The van der Waals surface area contributed by atoms with Crippen molar-refractivity contribution in [3.8, 4) is 0 Å². The zero-order chi connectivity index (χ0) is 19.8. The van der Waals surface area contributed by atoms with Crippen LogP contribution in [0.3, 0.4) is 0 Å². The van der Waals surface area contributed by atoms with Gasteiger partial charge in [0.25, 0.3) is 0 Å². The second-order valence-electron chi connectivity index (χ2n) is 10.6. The largest absolute Gasteiger partial charge is 0.450 e. The molecule has 0 amide bonds. The second kappa shape index (κ2) is 5.10. The highest BCUT2D eigenvalue weighted by molar-refractivity contribution is 5.90. The van der Waals surface area contributed by atoms with Gasteiger partial charge in [0.05, 0.1) is 12.1 Å². The van der Waals surface area contributed by atoms with Gasteiger partial charge in [-0.15, -0.1) is 0 Å². The average molecular weight is 406 g/mol. The molecule has 5 fully saturated rings. The van der Waals surface area contributed by atoms with Gasteiger partial charge in [0.1, 0.15) is 0 Å². The molecule has 2 spiro atoms. The lowest BCUT2D eigenvalue weighted by Crippen LogP contribution is -2.46. The van der Waals surface area contributed by atoms with Crippen molar-refractivity contribution in [2.24, 2.45) is 5.92 Å². The molecule has 0 unspecified atom stereocenters. The zero-order valence-corrected chi connectivity index (χ0v) is 17.0. The highest BCUT2D eigenvalue weighted by atomic mass is 16.6. The Balaban J connectivity index is 1.27. The maximum atomic E-state index is 12.5. The van der Waals surface area contributed by atoms with E-state index in [0.29, 0.717) is 30.1 Å². The van der Waals surface area contributed by atoms with Crippen LogP contribution >= 0.6 is 0 Å². The van der Waals surface area contributed by atoms with Crippen molar-refractivity contribution in [3.63, 3.8) is 0 Å². The number of rotatable bonds is 1. The topological polar surface area (TPSA) is 59.1 Å². The second-order valence-corrected chi connectivity index (χ2v) is 10.6. The van der Waals surface area contributed by atoms with Crippen molar-refractivity contribution in [2.45, 2.75) is 80.3 Å². The van der Waals surface area contributed by atoms with Gasteiger partial charge in [-0.05, 0) is 56.3 Å². The zero-order valence-electron chi connectivity index (χ0n) is 17.0. The summed E-state index contributed by atoms with van der Waals surface area (Å²) in [6.07, 6.45) is 13.3. The van der Waals surface area contributed by atoms with Gasteiger partial charge in [-0.1, -0.05) is 6.08 Å². The third kappa shape index (κ3) is 1.71. The number of carbonyl (C=O) groups is 2. The number of hydrogen-bond donors (Lipinski definition) is 0. The van der Waals surface area contributed by atoms with Gasteiger partial charge in [-0.25, -0.2) is 9.59 Å². The Labute approximate surface area is 175 Å². The summed E-state index contributed by atoms with van der Waals surface area (Å²) in [6, 6.07) is 1.41. The molecule has 1 saturated carbocycles. The Bertz CT molecular complexity index is 1010. The number of fused-ring (bicyclic) bond motifs is 6. The lowest BCUT2D eigenvalue weighted by molar-refractivity contribution is -0.148. The summed E-state index contributed by atoms with van der Waals surface area (Å²) in [6.45, 7) is 2.19. The number of carbonyl (C=O) groups excluding carboxylic acids is 2. The van der Waals surface area contributed by atoms with E-state index >= 15 is 0 Å². The van der Waals surface area contributed by atoms with Crippen LogP contribution in [-0.4, -0.2) is 70.2 Å². The van der Waals surface area contributed by atoms with E-state index in [9.17, 15) is 9.59 Å². The Morgan fingerprint density at radius 3 is 2.50 bits per heavy atom. The normalized spacial score (nSPS) is 50.4. The minimum absolute atomic E-state index is 0.161. The first-order chi connectivity index (χ1) is 14.6. The highest BCUT2D eigenvalue weighted by Gasteiger charge is 2.68. The average Bonchev–Trinajstić information content (AvgIpc) is 3.50. The fraction of sp³-hybridized carbons (Fsp3) is 0.667. The molecule has 8 aliphatic rings. The molecule has 6 aliphatic heterocycles. The molecule has 4 saturated heterocycles. The summed E-state index contributed by atoms with van der Waals surface area (Å²) in [5.41, 5.74) is 2.87. The van der Waals surface area contributed by atoms with Crippen LogP contribution in [-0.2, 0) is 19.1 Å². The molecule has 8 rings (SSSR count). The van der Waals surface area contributed by atoms with E-state index in [0.717, 1.165) is 50.8 Å². The van der Waals surface area contributed by atoms with Crippen LogP contribution < -0.4 is 0 Å². The summed E-state index contributed by atoms with van der Waals surface area (Å²) >= 11 is 0. The first-order valence-electron chi connectivity index (χ1n) is 11.7. The molecule has 156 valence electrons. The molecule has 2 aliphatic carbocycles. The molecule has 0 radical (unpaired) electrons. The van der Waals surface area contributed by atoms with Gasteiger partial charge < -0.3 is 9.47 Å². The molecule has 0 aromatic carbocycles. The van der Waals surface area contributed by atoms with E-state index in [1.54, 1.807) is 12.2 Å². The molecule has 0 aromatic heterocycles. The number of esters is 2. The van der Waals surface area contributed by atoms with E-state index in [4.69, 9.17) is 9.47 Å². The molecule has 0 N–H and O–H groups in total. The van der Waals surface area contributed by atoms with Gasteiger partial charge in [0.2, 0.25) is 0 Å². The quantitative estimate of drug-likeness (QED) is 0.620. The Morgan fingerprint density at radius 1 is 0.900 bits per heavy atom. The van der Waals surface area contributed by atoms with Crippen LogP contribution in [0.25, 0.3) is 0 Å². The van der Waals surface area contributed by atoms with Crippen LogP contribution in [0.2, 0.25) is 0 Å². The Kier molecular flexibility index (Phi) is 2.85.